The first-order chi connectivity index (χ1) is 8.99. The molecule has 2 rings (SSSR count). The van der Waals surface area contributed by atoms with Crippen LogP contribution in [0.4, 0.5) is 14.5 Å². The van der Waals surface area contributed by atoms with Gasteiger partial charge in [0.25, 0.3) is 0 Å². The van der Waals surface area contributed by atoms with Crippen LogP contribution in [0, 0.1) is 23.5 Å². The number of halogens is 2. The van der Waals surface area contributed by atoms with Gasteiger partial charge in [-0.1, -0.05) is 6.07 Å². The van der Waals surface area contributed by atoms with Crippen LogP contribution in [-0.4, -0.2) is 17.0 Å². The summed E-state index contributed by atoms with van der Waals surface area (Å²) in [5, 5.41) is 11.1. The van der Waals surface area contributed by atoms with Gasteiger partial charge in [0.2, 0.25) is 5.91 Å². The van der Waals surface area contributed by atoms with Crippen molar-refractivity contribution < 1.29 is 23.5 Å². The van der Waals surface area contributed by atoms with E-state index in [-0.39, 0.29) is 12.1 Å². The number of anilines is 1. The number of nitrogens with one attached hydrogen (secondary N) is 1. The maximum Gasteiger partial charge on any atom is 0.306 e. The third-order valence-corrected chi connectivity index (χ3v) is 3.36. The zero-order valence-corrected chi connectivity index (χ0v) is 10.0. The van der Waals surface area contributed by atoms with Crippen molar-refractivity contribution >= 4 is 17.6 Å². The van der Waals surface area contributed by atoms with E-state index in [4.69, 9.17) is 5.11 Å². The minimum Gasteiger partial charge on any atom is -0.481 e. The second-order valence-corrected chi connectivity index (χ2v) is 4.64. The number of hydrogen-bond donors (Lipinski definition) is 2. The summed E-state index contributed by atoms with van der Waals surface area (Å²) < 4.78 is 26.3. The third-order valence-electron chi connectivity index (χ3n) is 3.36. The second-order valence-electron chi connectivity index (χ2n) is 4.64. The van der Waals surface area contributed by atoms with Crippen LogP contribution in [-0.2, 0) is 9.59 Å². The molecule has 0 saturated heterocycles. The van der Waals surface area contributed by atoms with Gasteiger partial charge in [-0.05, 0) is 31.4 Å². The maximum atomic E-state index is 13.4. The van der Waals surface area contributed by atoms with Crippen LogP contribution < -0.4 is 5.32 Å². The topological polar surface area (TPSA) is 66.4 Å². The molecule has 0 spiro atoms. The van der Waals surface area contributed by atoms with E-state index in [9.17, 15) is 18.4 Å². The largest absolute Gasteiger partial charge is 0.481 e. The van der Waals surface area contributed by atoms with Crippen LogP contribution in [0.3, 0.4) is 0 Å². The Labute approximate surface area is 108 Å². The summed E-state index contributed by atoms with van der Waals surface area (Å²) in [6.45, 7) is 0. The molecule has 1 aliphatic rings. The molecule has 1 aromatic carbocycles. The molecule has 1 amide bonds. The van der Waals surface area contributed by atoms with Crippen LogP contribution in [0.2, 0.25) is 0 Å². The third kappa shape index (κ3) is 2.89. The highest BCUT2D eigenvalue weighted by Gasteiger charge is 2.34. The zero-order chi connectivity index (χ0) is 14.0. The maximum absolute atomic E-state index is 13.4. The molecule has 2 N–H and O–H groups in total. The first kappa shape index (κ1) is 13.5. The van der Waals surface area contributed by atoms with Crippen molar-refractivity contribution in [2.45, 2.75) is 19.3 Å². The Bertz CT molecular complexity index is 519. The molecular formula is C13H13F2NO3. The lowest BCUT2D eigenvalue weighted by Gasteiger charge is -2.11. The molecule has 1 saturated carbocycles. The average Bonchev–Trinajstić information content (AvgIpc) is 2.84. The highest BCUT2D eigenvalue weighted by atomic mass is 19.2. The van der Waals surface area contributed by atoms with Crippen LogP contribution in [0.1, 0.15) is 19.3 Å². The van der Waals surface area contributed by atoms with Crippen molar-refractivity contribution in [2.75, 3.05) is 5.32 Å². The molecule has 4 nitrogen and oxygen atoms in total. The minimum atomic E-state index is -1.11. The molecule has 2 atom stereocenters. The number of amides is 1. The van der Waals surface area contributed by atoms with E-state index >= 15 is 0 Å². The van der Waals surface area contributed by atoms with E-state index in [1.54, 1.807) is 0 Å². The fourth-order valence-electron chi connectivity index (χ4n) is 2.28. The molecule has 1 fully saturated rings. The number of aliphatic carboxylic acids is 1. The van der Waals surface area contributed by atoms with E-state index in [1.165, 1.54) is 12.1 Å². The molecule has 19 heavy (non-hydrogen) atoms. The van der Waals surface area contributed by atoms with Crippen molar-refractivity contribution in [3.05, 3.63) is 29.8 Å². The SMILES string of the molecule is O=C(O)[C@@H]1CC[C@H](C(=O)Nc2cccc(F)c2F)C1. The summed E-state index contributed by atoms with van der Waals surface area (Å²) in [7, 11) is 0. The standard InChI is InChI=1S/C13H13F2NO3/c14-9-2-1-3-10(11(9)15)16-12(17)7-4-5-8(6-7)13(18)19/h1-3,7-8H,4-6H2,(H,16,17)(H,18,19)/t7-,8+/m0/s1. The Balaban J connectivity index is 2.02. The van der Waals surface area contributed by atoms with Gasteiger partial charge in [0.1, 0.15) is 0 Å². The molecule has 1 aliphatic carbocycles. The van der Waals surface area contributed by atoms with Crippen molar-refractivity contribution in [2.24, 2.45) is 11.8 Å². The first-order valence-corrected chi connectivity index (χ1v) is 5.96. The molecule has 0 aliphatic heterocycles. The van der Waals surface area contributed by atoms with Crippen LogP contribution in [0.5, 0.6) is 0 Å². The van der Waals surface area contributed by atoms with Crippen molar-refractivity contribution in [1.29, 1.82) is 0 Å². The Kier molecular flexibility index (Phi) is 3.78. The smallest absolute Gasteiger partial charge is 0.306 e. The highest BCUT2D eigenvalue weighted by Crippen LogP contribution is 2.32. The number of carbonyl (C=O) groups is 2. The molecule has 0 unspecified atom stereocenters. The van der Waals surface area contributed by atoms with Gasteiger partial charge < -0.3 is 10.4 Å². The monoisotopic (exact) mass is 269 g/mol. The Morgan fingerprint density at radius 1 is 1.21 bits per heavy atom. The van der Waals surface area contributed by atoms with Crippen molar-refractivity contribution in [3.63, 3.8) is 0 Å². The van der Waals surface area contributed by atoms with Gasteiger partial charge >= 0.3 is 5.97 Å². The summed E-state index contributed by atoms with van der Waals surface area (Å²) >= 11 is 0. The van der Waals surface area contributed by atoms with E-state index in [2.05, 4.69) is 5.32 Å². The molecule has 0 aromatic heterocycles. The number of carboxylic acids is 1. The number of carbonyl (C=O) groups excluding carboxylic acids is 1. The Hall–Kier alpha value is -1.98. The molecule has 0 heterocycles. The van der Waals surface area contributed by atoms with Crippen molar-refractivity contribution in [3.8, 4) is 0 Å². The van der Waals surface area contributed by atoms with E-state index in [1.807, 2.05) is 0 Å². The number of benzene rings is 1. The molecule has 102 valence electrons. The van der Waals surface area contributed by atoms with Gasteiger partial charge in [-0.25, -0.2) is 8.78 Å². The first-order valence-electron chi connectivity index (χ1n) is 5.96. The van der Waals surface area contributed by atoms with Crippen molar-refractivity contribution in [1.82, 2.24) is 0 Å². The number of hydrogen-bond acceptors (Lipinski definition) is 2. The molecule has 6 heteroatoms. The second kappa shape index (κ2) is 5.34. The Morgan fingerprint density at radius 2 is 1.89 bits per heavy atom. The molecular weight excluding hydrogens is 256 g/mol. The van der Waals surface area contributed by atoms with Crippen LogP contribution in [0.25, 0.3) is 0 Å². The van der Waals surface area contributed by atoms with Crippen LogP contribution in [0.15, 0.2) is 18.2 Å². The Morgan fingerprint density at radius 3 is 2.53 bits per heavy atom. The number of carboxylic acid groups (broad SMARTS) is 1. The lowest BCUT2D eigenvalue weighted by molar-refractivity contribution is -0.141. The fourth-order valence-corrected chi connectivity index (χ4v) is 2.28. The van der Waals surface area contributed by atoms with Gasteiger partial charge in [-0.2, -0.15) is 0 Å². The summed E-state index contributed by atoms with van der Waals surface area (Å²) in [5.74, 6) is -4.53. The lowest BCUT2D eigenvalue weighted by atomic mass is 10.0. The average molecular weight is 269 g/mol. The number of rotatable bonds is 3. The summed E-state index contributed by atoms with van der Waals surface area (Å²) in [6, 6.07) is 3.52. The van der Waals surface area contributed by atoms with Gasteiger partial charge in [-0.15, -0.1) is 0 Å². The normalized spacial score (nSPS) is 22.2. The van der Waals surface area contributed by atoms with E-state index < -0.39 is 35.3 Å². The van der Waals surface area contributed by atoms with Crippen LogP contribution >= 0.6 is 0 Å². The van der Waals surface area contributed by atoms with E-state index in [0.29, 0.717) is 12.8 Å². The molecule has 0 bridgehead atoms. The predicted molar refractivity (Wildman–Crippen MR) is 63.5 cm³/mol. The van der Waals surface area contributed by atoms with Gasteiger partial charge in [0.05, 0.1) is 11.6 Å². The van der Waals surface area contributed by atoms with Gasteiger partial charge in [0.15, 0.2) is 11.6 Å². The molecule has 0 radical (unpaired) electrons. The minimum absolute atomic E-state index is 0.219. The quantitative estimate of drug-likeness (QED) is 0.885. The summed E-state index contributed by atoms with van der Waals surface area (Å²) in [5.41, 5.74) is -0.219. The highest BCUT2D eigenvalue weighted by molar-refractivity contribution is 5.93. The lowest BCUT2D eigenvalue weighted by Crippen LogP contribution is -2.22. The molecule has 1 aromatic rings. The fraction of sp³-hybridized carbons (Fsp3) is 0.385. The summed E-state index contributed by atoms with van der Waals surface area (Å²) in [4.78, 5) is 22.6. The summed E-state index contributed by atoms with van der Waals surface area (Å²) in [6.07, 6.45) is 1.11. The zero-order valence-electron chi connectivity index (χ0n) is 10.0. The van der Waals surface area contributed by atoms with Gasteiger partial charge in [0, 0.05) is 5.92 Å². The predicted octanol–water partition coefficient (Wildman–Crippen LogP) is 2.40. The van der Waals surface area contributed by atoms with E-state index in [0.717, 1.165) is 6.07 Å². The van der Waals surface area contributed by atoms with Gasteiger partial charge in [-0.3, -0.25) is 9.59 Å².